The van der Waals surface area contributed by atoms with Gasteiger partial charge in [-0.2, -0.15) is 0 Å². The van der Waals surface area contributed by atoms with E-state index in [0.717, 1.165) is 15.6 Å². The lowest BCUT2D eigenvalue weighted by Gasteiger charge is -2.39. The minimum Gasteiger partial charge on any atom is -0.329 e. The number of hydrogen-bond donors (Lipinski definition) is 0. The van der Waals surface area contributed by atoms with Crippen LogP contribution in [0, 0.1) is 6.92 Å². The van der Waals surface area contributed by atoms with Gasteiger partial charge in [0.1, 0.15) is 0 Å². The van der Waals surface area contributed by atoms with Gasteiger partial charge in [-0.15, -0.1) is 0 Å². The van der Waals surface area contributed by atoms with E-state index in [1.807, 2.05) is 62.5 Å². The maximum Gasteiger partial charge on any atom is 0.264 e. The summed E-state index contributed by atoms with van der Waals surface area (Å²) in [6, 6.07) is 16.7. The third-order valence-corrected chi connectivity index (χ3v) is 11.1. The molecule has 0 aliphatic heterocycles. The number of rotatable bonds is 7. The normalized spacial score (nSPS) is 13.4. The van der Waals surface area contributed by atoms with E-state index in [9.17, 15) is 8.42 Å². The van der Waals surface area contributed by atoms with Crippen molar-refractivity contribution in [3.05, 3.63) is 71.8 Å². The number of hydroxylamine groups is 1. The predicted molar refractivity (Wildman–Crippen MR) is 119 cm³/mol. The molecule has 6 heteroatoms. The lowest BCUT2D eigenvalue weighted by Crippen LogP contribution is -2.48. The smallest absolute Gasteiger partial charge is 0.264 e. The van der Waals surface area contributed by atoms with Gasteiger partial charge in [0.25, 0.3) is 10.0 Å². The van der Waals surface area contributed by atoms with E-state index in [1.54, 1.807) is 24.3 Å². The molecule has 0 amide bonds. The Morgan fingerprint density at radius 2 is 1.57 bits per heavy atom. The Bertz CT molecular complexity index is 899. The van der Waals surface area contributed by atoms with Crippen molar-refractivity contribution in [2.24, 2.45) is 0 Å². The van der Waals surface area contributed by atoms with Gasteiger partial charge in [-0.3, -0.25) is 0 Å². The largest absolute Gasteiger partial charge is 0.329 e. The summed E-state index contributed by atoms with van der Waals surface area (Å²) in [5, 5.41) is -0.114. The molecule has 0 atom stereocenters. The molecule has 0 bridgehead atoms. The van der Waals surface area contributed by atoms with Crippen molar-refractivity contribution in [3.8, 4) is 0 Å². The lowest BCUT2D eigenvalue weighted by atomic mass is 10.2. The standard InChI is InChI=1S/C22H31NO3SSi/c1-19-14-16-21(17-15-19)27(24,25)23(26-28(5,6)22(2,3)4)18-10-13-20-11-8-7-9-12-20/h7-17H,18H2,1-6H3/b13-10+. The fraction of sp³-hybridized carbons (Fsp3) is 0.364. The van der Waals surface area contributed by atoms with Gasteiger partial charge < -0.3 is 4.53 Å². The van der Waals surface area contributed by atoms with E-state index in [0.29, 0.717) is 0 Å². The quantitative estimate of drug-likeness (QED) is 0.433. The van der Waals surface area contributed by atoms with Gasteiger partial charge in [-0.05, 0) is 42.8 Å². The van der Waals surface area contributed by atoms with Crippen molar-refractivity contribution < 1.29 is 12.9 Å². The molecule has 2 aromatic carbocycles. The summed E-state index contributed by atoms with van der Waals surface area (Å²) < 4.78 is 33.9. The minimum atomic E-state index is -3.77. The molecule has 2 rings (SSSR count). The second-order valence-electron chi connectivity index (χ2n) is 8.47. The molecular weight excluding hydrogens is 386 g/mol. The molecule has 0 N–H and O–H groups in total. The van der Waals surface area contributed by atoms with Gasteiger partial charge in [0.2, 0.25) is 8.32 Å². The molecule has 0 aliphatic carbocycles. The van der Waals surface area contributed by atoms with Gasteiger partial charge in [-0.25, -0.2) is 8.42 Å². The minimum absolute atomic E-state index is 0.114. The van der Waals surface area contributed by atoms with Crippen molar-refractivity contribution >= 4 is 24.4 Å². The first-order valence-corrected chi connectivity index (χ1v) is 13.8. The average molecular weight is 418 g/mol. The lowest BCUT2D eigenvalue weighted by molar-refractivity contribution is 0.0304. The number of benzene rings is 2. The summed E-state index contributed by atoms with van der Waals surface area (Å²) in [4.78, 5) is 0.241. The van der Waals surface area contributed by atoms with Gasteiger partial charge in [0.15, 0.2) is 0 Å². The van der Waals surface area contributed by atoms with Crippen LogP contribution in [0.2, 0.25) is 18.1 Å². The molecule has 0 saturated carbocycles. The van der Waals surface area contributed by atoms with E-state index < -0.39 is 18.3 Å². The first-order valence-electron chi connectivity index (χ1n) is 9.44. The molecule has 0 heterocycles. The molecule has 28 heavy (non-hydrogen) atoms. The average Bonchev–Trinajstić information content (AvgIpc) is 2.61. The van der Waals surface area contributed by atoms with E-state index in [2.05, 4.69) is 20.8 Å². The fourth-order valence-corrected chi connectivity index (χ4v) is 5.05. The molecule has 0 saturated heterocycles. The van der Waals surface area contributed by atoms with Crippen molar-refractivity contribution in [2.75, 3.05) is 6.54 Å². The van der Waals surface area contributed by atoms with Crippen LogP contribution in [-0.2, 0) is 14.6 Å². The summed E-state index contributed by atoms with van der Waals surface area (Å²) in [7, 11) is -6.11. The maximum atomic E-state index is 13.3. The third kappa shape index (κ3) is 5.64. The van der Waals surface area contributed by atoms with Crippen molar-refractivity contribution in [1.29, 1.82) is 0 Å². The zero-order valence-corrected chi connectivity index (χ0v) is 19.5. The first-order chi connectivity index (χ1) is 12.9. The zero-order valence-electron chi connectivity index (χ0n) is 17.6. The highest BCUT2D eigenvalue weighted by molar-refractivity contribution is 7.89. The molecular formula is C22H31NO3SSi. The van der Waals surface area contributed by atoms with Crippen LogP contribution in [0.5, 0.6) is 0 Å². The number of aryl methyl sites for hydroxylation is 1. The summed E-state index contributed by atoms with van der Waals surface area (Å²) in [5.74, 6) is 0. The summed E-state index contributed by atoms with van der Waals surface area (Å²) in [5.41, 5.74) is 2.03. The van der Waals surface area contributed by atoms with E-state index in [1.165, 1.54) is 0 Å². The second kappa shape index (κ2) is 8.74. The van der Waals surface area contributed by atoms with Crippen LogP contribution in [0.25, 0.3) is 6.08 Å². The van der Waals surface area contributed by atoms with Gasteiger partial charge in [-0.1, -0.05) is 85.4 Å². The van der Waals surface area contributed by atoms with Crippen LogP contribution in [0.3, 0.4) is 0 Å². The molecule has 0 radical (unpaired) electrons. The van der Waals surface area contributed by atoms with Crippen molar-refractivity contribution in [1.82, 2.24) is 4.47 Å². The molecule has 0 aromatic heterocycles. The maximum absolute atomic E-state index is 13.3. The molecule has 152 valence electrons. The Kier molecular flexibility index (Phi) is 7.04. The number of nitrogens with zero attached hydrogens (tertiary/aromatic N) is 1. The SMILES string of the molecule is Cc1ccc(S(=O)(=O)N(C/C=C/c2ccccc2)O[Si](C)(C)C(C)(C)C)cc1. The van der Waals surface area contributed by atoms with Crippen LogP contribution in [0.15, 0.2) is 65.6 Å². The molecule has 0 aliphatic rings. The highest BCUT2D eigenvalue weighted by atomic mass is 32.2. The van der Waals surface area contributed by atoms with E-state index in [-0.39, 0.29) is 16.5 Å². The van der Waals surface area contributed by atoms with Crippen LogP contribution < -0.4 is 0 Å². The number of sulfonamides is 1. The van der Waals surface area contributed by atoms with Gasteiger partial charge >= 0.3 is 0 Å². The van der Waals surface area contributed by atoms with Crippen molar-refractivity contribution in [3.63, 3.8) is 0 Å². The van der Waals surface area contributed by atoms with E-state index in [4.69, 9.17) is 4.53 Å². The topological polar surface area (TPSA) is 46.6 Å². The Morgan fingerprint density at radius 3 is 2.11 bits per heavy atom. The molecule has 4 nitrogen and oxygen atoms in total. The molecule has 2 aromatic rings. The summed E-state index contributed by atoms with van der Waals surface area (Å²) in [6.45, 7) is 12.5. The van der Waals surface area contributed by atoms with Crippen LogP contribution in [0.1, 0.15) is 31.9 Å². The van der Waals surface area contributed by atoms with Gasteiger partial charge in [0, 0.05) is 0 Å². The Balaban J connectivity index is 2.35. The predicted octanol–water partition coefficient (Wildman–Crippen LogP) is 5.64. The second-order valence-corrected chi connectivity index (χ2v) is 15.0. The summed E-state index contributed by atoms with van der Waals surface area (Å²) in [6.07, 6.45) is 3.74. The highest BCUT2D eigenvalue weighted by Crippen LogP contribution is 2.38. The highest BCUT2D eigenvalue weighted by Gasteiger charge is 2.42. The number of hydrogen-bond acceptors (Lipinski definition) is 3. The third-order valence-electron chi connectivity index (χ3n) is 5.09. The van der Waals surface area contributed by atoms with Gasteiger partial charge in [0.05, 0.1) is 11.4 Å². The monoisotopic (exact) mass is 417 g/mol. The van der Waals surface area contributed by atoms with Crippen LogP contribution >= 0.6 is 0 Å². The van der Waals surface area contributed by atoms with Crippen LogP contribution in [0.4, 0.5) is 0 Å². The molecule has 0 unspecified atom stereocenters. The summed E-state index contributed by atoms with van der Waals surface area (Å²) >= 11 is 0. The van der Waals surface area contributed by atoms with Crippen molar-refractivity contribution in [2.45, 2.75) is 50.7 Å². The zero-order chi connectivity index (χ0) is 21.0. The van der Waals surface area contributed by atoms with E-state index >= 15 is 0 Å². The molecule has 0 spiro atoms. The molecule has 0 fully saturated rings. The Morgan fingerprint density at radius 1 is 1.00 bits per heavy atom. The Hall–Kier alpha value is -1.73. The van der Waals surface area contributed by atoms with Crippen LogP contribution in [-0.4, -0.2) is 27.7 Å². The fourth-order valence-electron chi connectivity index (χ4n) is 2.24. The first kappa shape index (κ1) is 22.6. The Labute approximate surface area is 171 Å².